The summed E-state index contributed by atoms with van der Waals surface area (Å²) in [5.74, 6) is -0.960. The van der Waals surface area contributed by atoms with Crippen molar-refractivity contribution in [1.82, 2.24) is 9.80 Å². The molecule has 1 saturated heterocycles. The highest BCUT2D eigenvalue weighted by atomic mass is 19.4. The van der Waals surface area contributed by atoms with Gasteiger partial charge < -0.3 is 9.80 Å². The second kappa shape index (κ2) is 7.68. The normalized spacial score (nSPS) is 16.3. The first-order valence-corrected chi connectivity index (χ1v) is 8.71. The maximum atomic E-state index is 13.8. The van der Waals surface area contributed by atoms with Gasteiger partial charge in [-0.15, -0.1) is 0 Å². The van der Waals surface area contributed by atoms with Gasteiger partial charge in [-0.3, -0.25) is 4.79 Å². The van der Waals surface area contributed by atoms with E-state index in [1.54, 1.807) is 4.90 Å². The molecule has 1 aliphatic heterocycles. The Morgan fingerprint density at radius 3 is 2.52 bits per heavy atom. The number of hydrogen-bond acceptors (Lipinski definition) is 2. The zero-order chi connectivity index (χ0) is 19.6. The van der Waals surface area contributed by atoms with Crippen LogP contribution in [0.2, 0.25) is 0 Å². The van der Waals surface area contributed by atoms with Gasteiger partial charge in [-0.1, -0.05) is 18.2 Å². The van der Waals surface area contributed by atoms with Gasteiger partial charge in [-0.2, -0.15) is 13.2 Å². The quantitative estimate of drug-likeness (QED) is 0.726. The lowest BCUT2D eigenvalue weighted by molar-refractivity contribution is -0.137. The molecule has 27 heavy (non-hydrogen) atoms. The minimum absolute atomic E-state index is 0.0823. The first-order chi connectivity index (χ1) is 12.8. The summed E-state index contributed by atoms with van der Waals surface area (Å²) < 4.78 is 53.0. The van der Waals surface area contributed by atoms with E-state index in [0.717, 1.165) is 37.2 Å². The summed E-state index contributed by atoms with van der Waals surface area (Å²) in [5.41, 5.74) is -0.191. The molecule has 2 aromatic carbocycles. The van der Waals surface area contributed by atoms with Gasteiger partial charge in [0.15, 0.2) is 0 Å². The monoisotopic (exact) mass is 380 g/mol. The van der Waals surface area contributed by atoms with E-state index < -0.39 is 17.6 Å². The van der Waals surface area contributed by atoms with Crippen molar-refractivity contribution in [2.75, 3.05) is 33.2 Å². The highest BCUT2D eigenvalue weighted by Crippen LogP contribution is 2.33. The van der Waals surface area contributed by atoms with Gasteiger partial charge in [-0.05, 0) is 55.4 Å². The summed E-state index contributed by atoms with van der Waals surface area (Å²) in [7, 11) is 1.96. The van der Waals surface area contributed by atoms with Gasteiger partial charge >= 0.3 is 6.18 Å². The number of carbonyl (C=O) groups excluding carboxylic acids is 1. The highest BCUT2D eigenvalue weighted by Gasteiger charge is 2.31. The van der Waals surface area contributed by atoms with E-state index >= 15 is 0 Å². The van der Waals surface area contributed by atoms with Crippen molar-refractivity contribution in [2.24, 2.45) is 0 Å². The lowest BCUT2D eigenvalue weighted by Crippen LogP contribution is -2.34. The lowest BCUT2D eigenvalue weighted by atomic mass is 9.97. The molecular weight excluding hydrogens is 360 g/mol. The van der Waals surface area contributed by atoms with Gasteiger partial charge in [0, 0.05) is 19.6 Å². The van der Waals surface area contributed by atoms with Crippen LogP contribution in [0.4, 0.5) is 17.6 Å². The van der Waals surface area contributed by atoms with Crippen LogP contribution in [0.3, 0.4) is 0 Å². The zero-order valence-corrected chi connectivity index (χ0v) is 14.9. The van der Waals surface area contributed by atoms with Crippen LogP contribution in [0, 0.1) is 5.82 Å². The van der Waals surface area contributed by atoms with Gasteiger partial charge in [0.1, 0.15) is 5.82 Å². The fraction of sp³-hybridized carbons (Fsp3) is 0.350. The number of alkyl halides is 3. The lowest BCUT2D eigenvalue weighted by Gasteiger charge is -2.22. The smallest absolute Gasteiger partial charge is 0.337 e. The Morgan fingerprint density at radius 1 is 1.00 bits per heavy atom. The summed E-state index contributed by atoms with van der Waals surface area (Å²) in [6.45, 7) is 2.57. The predicted octanol–water partition coefficient (Wildman–Crippen LogP) is 4.29. The molecule has 0 radical (unpaired) electrons. The number of carbonyl (C=O) groups is 1. The maximum absolute atomic E-state index is 13.8. The molecule has 1 fully saturated rings. The average Bonchev–Trinajstić information content (AvgIpc) is 2.85. The van der Waals surface area contributed by atoms with E-state index in [9.17, 15) is 22.4 Å². The molecule has 0 bridgehead atoms. The van der Waals surface area contributed by atoms with Crippen molar-refractivity contribution < 1.29 is 22.4 Å². The van der Waals surface area contributed by atoms with Crippen LogP contribution < -0.4 is 0 Å². The number of halogens is 4. The predicted molar refractivity (Wildman–Crippen MR) is 94.9 cm³/mol. The minimum atomic E-state index is -4.49. The van der Waals surface area contributed by atoms with Crippen LogP contribution in [0.25, 0.3) is 11.1 Å². The van der Waals surface area contributed by atoms with E-state index in [2.05, 4.69) is 4.90 Å². The third kappa shape index (κ3) is 4.47. The van der Waals surface area contributed by atoms with Crippen molar-refractivity contribution in [2.45, 2.75) is 12.6 Å². The number of benzene rings is 2. The van der Waals surface area contributed by atoms with E-state index in [0.29, 0.717) is 25.2 Å². The Labute approximate surface area is 155 Å². The van der Waals surface area contributed by atoms with Crippen molar-refractivity contribution in [3.63, 3.8) is 0 Å². The molecule has 7 heteroatoms. The molecule has 1 heterocycles. The van der Waals surface area contributed by atoms with Gasteiger partial charge in [0.2, 0.25) is 0 Å². The summed E-state index contributed by atoms with van der Waals surface area (Å²) in [6.07, 6.45) is -3.70. The molecule has 0 unspecified atom stereocenters. The fourth-order valence-corrected chi connectivity index (χ4v) is 3.23. The summed E-state index contributed by atoms with van der Waals surface area (Å²) >= 11 is 0. The Hall–Kier alpha value is -2.41. The Morgan fingerprint density at radius 2 is 1.78 bits per heavy atom. The maximum Gasteiger partial charge on any atom is 0.416 e. The number of nitrogens with zero attached hydrogens (tertiary/aromatic N) is 2. The van der Waals surface area contributed by atoms with Gasteiger partial charge in [0.05, 0.1) is 11.1 Å². The highest BCUT2D eigenvalue weighted by molar-refractivity contribution is 6.01. The van der Waals surface area contributed by atoms with Crippen molar-refractivity contribution >= 4 is 5.91 Å². The molecule has 144 valence electrons. The Kier molecular flexibility index (Phi) is 5.51. The van der Waals surface area contributed by atoms with Crippen LogP contribution in [0.15, 0.2) is 42.5 Å². The minimum Gasteiger partial charge on any atom is -0.337 e. The molecule has 2 aromatic rings. The van der Waals surface area contributed by atoms with Crippen LogP contribution in [-0.4, -0.2) is 48.9 Å². The zero-order valence-electron chi connectivity index (χ0n) is 14.9. The fourth-order valence-electron chi connectivity index (χ4n) is 3.23. The largest absolute Gasteiger partial charge is 0.416 e. The average molecular weight is 380 g/mol. The number of amides is 1. The second-order valence-electron chi connectivity index (χ2n) is 6.72. The topological polar surface area (TPSA) is 23.6 Å². The molecule has 0 aliphatic carbocycles. The SMILES string of the molecule is CN1CCCN(C(=O)c2cc(F)ccc2-c2cccc(C(F)(F)F)c2)CC1. The van der Waals surface area contributed by atoms with Crippen molar-refractivity contribution in [1.29, 1.82) is 0 Å². The molecule has 1 aliphatic rings. The Bertz CT molecular complexity index is 835. The van der Waals surface area contributed by atoms with Crippen molar-refractivity contribution in [3.05, 3.63) is 59.4 Å². The van der Waals surface area contributed by atoms with E-state index in [-0.39, 0.29) is 17.0 Å². The number of rotatable bonds is 2. The molecule has 3 nitrogen and oxygen atoms in total. The van der Waals surface area contributed by atoms with Crippen LogP contribution >= 0.6 is 0 Å². The Balaban J connectivity index is 2.00. The first-order valence-electron chi connectivity index (χ1n) is 8.71. The molecule has 3 rings (SSSR count). The van der Waals surface area contributed by atoms with Crippen LogP contribution in [-0.2, 0) is 6.18 Å². The van der Waals surface area contributed by atoms with E-state index in [4.69, 9.17) is 0 Å². The van der Waals surface area contributed by atoms with Crippen LogP contribution in [0.1, 0.15) is 22.3 Å². The molecule has 0 saturated carbocycles. The van der Waals surface area contributed by atoms with Gasteiger partial charge in [-0.25, -0.2) is 4.39 Å². The molecule has 0 spiro atoms. The van der Waals surface area contributed by atoms with Crippen LogP contribution in [0.5, 0.6) is 0 Å². The number of likely N-dealkylation sites (N-methyl/N-ethyl adjacent to an activating group) is 1. The summed E-state index contributed by atoms with van der Waals surface area (Å²) in [5, 5.41) is 0. The molecule has 0 N–H and O–H groups in total. The molecule has 0 atom stereocenters. The molecule has 1 amide bonds. The second-order valence-corrected chi connectivity index (χ2v) is 6.72. The van der Waals surface area contributed by atoms with E-state index in [1.165, 1.54) is 18.2 Å². The van der Waals surface area contributed by atoms with Gasteiger partial charge in [0.25, 0.3) is 5.91 Å². The molecular formula is C20H20F4N2O. The van der Waals surface area contributed by atoms with E-state index in [1.807, 2.05) is 7.05 Å². The molecule has 0 aromatic heterocycles. The summed E-state index contributed by atoms with van der Waals surface area (Å²) in [4.78, 5) is 16.7. The third-order valence-electron chi connectivity index (χ3n) is 4.72. The number of hydrogen-bond donors (Lipinski definition) is 0. The first kappa shape index (κ1) is 19.4. The summed E-state index contributed by atoms with van der Waals surface area (Å²) in [6, 6.07) is 8.36. The third-order valence-corrected chi connectivity index (χ3v) is 4.72. The van der Waals surface area contributed by atoms with Crippen molar-refractivity contribution in [3.8, 4) is 11.1 Å². The standard InChI is InChI=1S/C20H20F4N2O/c1-25-8-3-9-26(11-10-25)19(27)18-13-16(21)6-7-17(18)14-4-2-5-15(12-14)20(22,23)24/h2,4-7,12-13H,3,8-11H2,1H3.